The van der Waals surface area contributed by atoms with Gasteiger partial charge >= 0.3 is 0 Å². The minimum atomic E-state index is -0.396. The van der Waals surface area contributed by atoms with Crippen molar-refractivity contribution in [2.75, 3.05) is 26.2 Å². The second-order valence-electron chi connectivity index (χ2n) is 3.80. The van der Waals surface area contributed by atoms with Gasteiger partial charge in [0.25, 0.3) is 0 Å². The summed E-state index contributed by atoms with van der Waals surface area (Å²) in [6, 6.07) is 0. The second-order valence-corrected chi connectivity index (χ2v) is 3.80. The summed E-state index contributed by atoms with van der Waals surface area (Å²) >= 11 is 0. The molecule has 0 bridgehead atoms. The van der Waals surface area contributed by atoms with Gasteiger partial charge in [0, 0.05) is 13.1 Å². The van der Waals surface area contributed by atoms with Gasteiger partial charge in [-0.2, -0.15) is 0 Å². The van der Waals surface area contributed by atoms with Crippen molar-refractivity contribution < 1.29 is 9.84 Å². The van der Waals surface area contributed by atoms with E-state index in [0.717, 1.165) is 32.7 Å². The summed E-state index contributed by atoms with van der Waals surface area (Å²) in [6.07, 6.45) is 3.09. The average Bonchev–Trinajstić information content (AvgIpc) is 2.19. The molecule has 0 aromatic rings. The molecule has 1 saturated heterocycles. The van der Waals surface area contributed by atoms with Crippen LogP contribution in [0.25, 0.3) is 0 Å². The molecular formula is C11H21NO2. The molecular weight excluding hydrogens is 178 g/mol. The van der Waals surface area contributed by atoms with E-state index in [-0.39, 0.29) is 6.10 Å². The van der Waals surface area contributed by atoms with Crippen LogP contribution in [-0.4, -0.2) is 48.5 Å². The Morgan fingerprint density at radius 1 is 1.71 bits per heavy atom. The fourth-order valence-corrected chi connectivity index (χ4v) is 1.81. The van der Waals surface area contributed by atoms with Crippen LogP contribution >= 0.6 is 0 Å². The quantitative estimate of drug-likeness (QED) is 0.671. The number of morpholine rings is 1. The van der Waals surface area contributed by atoms with E-state index < -0.39 is 6.10 Å². The zero-order valence-corrected chi connectivity index (χ0v) is 8.98. The van der Waals surface area contributed by atoms with Crippen LogP contribution in [0.1, 0.15) is 19.8 Å². The van der Waals surface area contributed by atoms with Crippen LogP contribution in [0, 0.1) is 0 Å². The van der Waals surface area contributed by atoms with Crippen LogP contribution in [0.5, 0.6) is 0 Å². The van der Waals surface area contributed by atoms with Gasteiger partial charge in [0.1, 0.15) is 0 Å². The highest BCUT2D eigenvalue weighted by atomic mass is 16.5. The summed E-state index contributed by atoms with van der Waals surface area (Å²) in [6.45, 7) is 9.47. The standard InChI is InChI=1S/C11H21NO2/c1-3-5-10(13)11-9-12(6-4-2)7-8-14-11/h3,10-11,13H,1,4-9H2,2H3. The SMILES string of the molecule is C=CCC(O)C1CN(CCC)CCO1. The summed E-state index contributed by atoms with van der Waals surface area (Å²) in [5.74, 6) is 0. The smallest absolute Gasteiger partial charge is 0.0964 e. The first kappa shape index (κ1) is 11.7. The van der Waals surface area contributed by atoms with Crippen molar-refractivity contribution >= 4 is 0 Å². The average molecular weight is 199 g/mol. The van der Waals surface area contributed by atoms with E-state index in [1.165, 1.54) is 0 Å². The molecule has 1 rings (SSSR count). The van der Waals surface area contributed by atoms with E-state index in [9.17, 15) is 5.11 Å². The Labute approximate surface area is 86.4 Å². The molecule has 1 heterocycles. The van der Waals surface area contributed by atoms with Gasteiger partial charge in [-0.3, -0.25) is 4.90 Å². The largest absolute Gasteiger partial charge is 0.390 e. The van der Waals surface area contributed by atoms with E-state index >= 15 is 0 Å². The highest BCUT2D eigenvalue weighted by Crippen LogP contribution is 2.11. The Morgan fingerprint density at radius 2 is 2.50 bits per heavy atom. The number of nitrogens with zero attached hydrogens (tertiary/aromatic N) is 1. The van der Waals surface area contributed by atoms with Gasteiger partial charge in [0.05, 0.1) is 18.8 Å². The van der Waals surface area contributed by atoms with Gasteiger partial charge in [-0.25, -0.2) is 0 Å². The van der Waals surface area contributed by atoms with Gasteiger partial charge in [-0.1, -0.05) is 13.0 Å². The van der Waals surface area contributed by atoms with Crippen LogP contribution in [0.2, 0.25) is 0 Å². The van der Waals surface area contributed by atoms with Gasteiger partial charge in [-0.05, 0) is 19.4 Å². The molecule has 3 nitrogen and oxygen atoms in total. The van der Waals surface area contributed by atoms with Crippen molar-refractivity contribution in [2.45, 2.75) is 32.0 Å². The number of rotatable bonds is 5. The fourth-order valence-electron chi connectivity index (χ4n) is 1.81. The number of ether oxygens (including phenoxy) is 1. The molecule has 3 heteroatoms. The molecule has 0 amide bonds. The maximum absolute atomic E-state index is 9.74. The lowest BCUT2D eigenvalue weighted by atomic mass is 10.1. The predicted octanol–water partition coefficient (Wildman–Crippen LogP) is 1.03. The molecule has 2 atom stereocenters. The maximum Gasteiger partial charge on any atom is 0.0964 e. The minimum absolute atomic E-state index is 0.0340. The Hall–Kier alpha value is -0.380. The predicted molar refractivity (Wildman–Crippen MR) is 57.3 cm³/mol. The molecule has 0 aliphatic carbocycles. The first-order valence-corrected chi connectivity index (χ1v) is 5.40. The van der Waals surface area contributed by atoms with E-state index in [0.29, 0.717) is 6.42 Å². The van der Waals surface area contributed by atoms with Crippen molar-refractivity contribution in [3.8, 4) is 0 Å². The highest BCUT2D eigenvalue weighted by molar-refractivity contribution is 4.82. The zero-order valence-electron chi connectivity index (χ0n) is 8.98. The third kappa shape index (κ3) is 3.40. The topological polar surface area (TPSA) is 32.7 Å². The molecule has 0 spiro atoms. The van der Waals surface area contributed by atoms with Crippen LogP contribution in [-0.2, 0) is 4.74 Å². The van der Waals surface area contributed by atoms with Crippen molar-refractivity contribution in [1.29, 1.82) is 0 Å². The number of aliphatic hydroxyl groups is 1. The lowest BCUT2D eigenvalue weighted by Gasteiger charge is -2.34. The van der Waals surface area contributed by atoms with Crippen LogP contribution in [0.15, 0.2) is 12.7 Å². The summed E-state index contributed by atoms with van der Waals surface area (Å²) in [5.41, 5.74) is 0. The Balaban J connectivity index is 2.34. The van der Waals surface area contributed by atoms with E-state index in [1.54, 1.807) is 6.08 Å². The van der Waals surface area contributed by atoms with Crippen molar-refractivity contribution in [2.24, 2.45) is 0 Å². The van der Waals surface area contributed by atoms with Gasteiger partial charge < -0.3 is 9.84 Å². The fraction of sp³-hybridized carbons (Fsp3) is 0.818. The number of hydrogen-bond acceptors (Lipinski definition) is 3. The Morgan fingerprint density at radius 3 is 3.14 bits per heavy atom. The molecule has 14 heavy (non-hydrogen) atoms. The number of hydrogen-bond donors (Lipinski definition) is 1. The zero-order chi connectivity index (χ0) is 10.4. The minimum Gasteiger partial charge on any atom is -0.390 e. The monoisotopic (exact) mass is 199 g/mol. The first-order chi connectivity index (χ1) is 6.77. The Kier molecular flexibility index (Phi) is 5.15. The molecule has 2 unspecified atom stereocenters. The summed E-state index contributed by atoms with van der Waals surface area (Å²) in [7, 11) is 0. The van der Waals surface area contributed by atoms with Gasteiger partial charge in [0.15, 0.2) is 0 Å². The summed E-state index contributed by atoms with van der Waals surface area (Å²) < 4.78 is 5.53. The van der Waals surface area contributed by atoms with E-state index in [2.05, 4.69) is 18.4 Å². The van der Waals surface area contributed by atoms with Crippen LogP contribution in [0.3, 0.4) is 0 Å². The lowest BCUT2D eigenvalue weighted by Crippen LogP contribution is -2.47. The Bertz CT molecular complexity index is 171. The molecule has 82 valence electrons. The molecule has 1 N–H and O–H groups in total. The summed E-state index contributed by atoms with van der Waals surface area (Å²) in [5, 5.41) is 9.74. The molecule has 1 aliphatic rings. The van der Waals surface area contributed by atoms with Crippen molar-refractivity contribution in [3.63, 3.8) is 0 Å². The lowest BCUT2D eigenvalue weighted by molar-refractivity contribution is -0.0869. The van der Waals surface area contributed by atoms with Crippen molar-refractivity contribution in [3.05, 3.63) is 12.7 Å². The molecule has 0 aromatic heterocycles. The second kappa shape index (κ2) is 6.17. The van der Waals surface area contributed by atoms with E-state index in [4.69, 9.17) is 4.74 Å². The van der Waals surface area contributed by atoms with Crippen LogP contribution in [0.4, 0.5) is 0 Å². The molecule has 0 aromatic carbocycles. The van der Waals surface area contributed by atoms with Gasteiger partial charge in [0.2, 0.25) is 0 Å². The molecule has 0 saturated carbocycles. The van der Waals surface area contributed by atoms with Gasteiger partial charge in [-0.15, -0.1) is 6.58 Å². The normalized spacial score (nSPS) is 26.0. The molecule has 0 radical (unpaired) electrons. The highest BCUT2D eigenvalue weighted by Gasteiger charge is 2.25. The molecule has 1 fully saturated rings. The van der Waals surface area contributed by atoms with Crippen molar-refractivity contribution in [1.82, 2.24) is 4.90 Å². The third-order valence-electron chi connectivity index (χ3n) is 2.55. The van der Waals surface area contributed by atoms with Crippen LogP contribution < -0.4 is 0 Å². The third-order valence-corrected chi connectivity index (χ3v) is 2.55. The van der Waals surface area contributed by atoms with E-state index in [1.807, 2.05) is 0 Å². The first-order valence-electron chi connectivity index (χ1n) is 5.40. The number of aliphatic hydroxyl groups excluding tert-OH is 1. The molecule has 1 aliphatic heterocycles. The maximum atomic E-state index is 9.74. The summed E-state index contributed by atoms with van der Waals surface area (Å²) in [4.78, 5) is 2.35.